The van der Waals surface area contributed by atoms with Crippen molar-refractivity contribution in [2.24, 2.45) is 0 Å². The minimum absolute atomic E-state index is 0.145. The molecule has 1 saturated heterocycles. The summed E-state index contributed by atoms with van der Waals surface area (Å²) in [6, 6.07) is 10.1. The number of amides is 2. The van der Waals surface area contributed by atoms with Crippen LogP contribution in [0.1, 0.15) is 40.5 Å². The first-order valence-electron chi connectivity index (χ1n) is 8.45. The van der Waals surface area contributed by atoms with E-state index in [1.807, 2.05) is 0 Å². The first kappa shape index (κ1) is 17.8. The van der Waals surface area contributed by atoms with Crippen LogP contribution in [0, 0.1) is 5.82 Å². The van der Waals surface area contributed by atoms with Crippen LogP contribution in [-0.2, 0) is 4.79 Å². The van der Waals surface area contributed by atoms with Crippen LogP contribution < -0.4 is 10.6 Å². The number of ketones is 1. The monoisotopic (exact) mass is 354 g/mol. The highest BCUT2D eigenvalue weighted by molar-refractivity contribution is 5.98. The number of carbonyl (C=O) groups excluding carboxylic acids is 3. The number of halogens is 1. The zero-order valence-electron chi connectivity index (χ0n) is 14.3. The number of hydrogen-bond donors (Lipinski definition) is 2. The highest BCUT2D eigenvalue weighted by atomic mass is 19.1. The second kappa shape index (κ2) is 7.47. The first-order valence-corrected chi connectivity index (χ1v) is 8.45. The van der Waals surface area contributed by atoms with Gasteiger partial charge >= 0.3 is 0 Å². The summed E-state index contributed by atoms with van der Waals surface area (Å²) >= 11 is 0. The fourth-order valence-corrected chi connectivity index (χ4v) is 2.92. The van der Waals surface area contributed by atoms with E-state index < -0.39 is 11.9 Å². The molecule has 0 unspecified atom stereocenters. The van der Waals surface area contributed by atoms with Crippen molar-refractivity contribution < 1.29 is 18.8 Å². The van der Waals surface area contributed by atoms with Gasteiger partial charge < -0.3 is 10.6 Å². The van der Waals surface area contributed by atoms with Gasteiger partial charge in [0.1, 0.15) is 11.9 Å². The predicted molar refractivity (Wildman–Crippen MR) is 95.3 cm³/mol. The van der Waals surface area contributed by atoms with Crippen LogP contribution in [0.25, 0.3) is 11.1 Å². The minimum atomic E-state index is -0.527. The molecule has 6 heteroatoms. The van der Waals surface area contributed by atoms with E-state index in [0.717, 1.165) is 6.42 Å². The Morgan fingerprint density at radius 1 is 1.12 bits per heavy atom. The van der Waals surface area contributed by atoms with Crippen molar-refractivity contribution in [2.45, 2.75) is 25.8 Å². The van der Waals surface area contributed by atoms with Crippen molar-refractivity contribution >= 4 is 17.6 Å². The highest BCUT2D eigenvalue weighted by Crippen LogP contribution is 2.25. The normalized spacial score (nSPS) is 16.7. The highest BCUT2D eigenvalue weighted by Gasteiger charge is 2.24. The molecule has 5 nitrogen and oxygen atoms in total. The van der Waals surface area contributed by atoms with Crippen molar-refractivity contribution in [3.8, 4) is 11.1 Å². The third-order valence-electron chi connectivity index (χ3n) is 4.42. The smallest absolute Gasteiger partial charge is 0.251 e. The summed E-state index contributed by atoms with van der Waals surface area (Å²) < 4.78 is 14.1. The summed E-state index contributed by atoms with van der Waals surface area (Å²) in [4.78, 5) is 35.5. The van der Waals surface area contributed by atoms with Crippen LogP contribution in [0.2, 0.25) is 0 Å². The largest absolute Gasteiger partial charge is 0.354 e. The van der Waals surface area contributed by atoms with E-state index >= 15 is 0 Å². The molecule has 134 valence electrons. The quantitative estimate of drug-likeness (QED) is 0.829. The van der Waals surface area contributed by atoms with Gasteiger partial charge in [0.15, 0.2) is 5.78 Å². The van der Waals surface area contributed by atoms with Crippen LogP contribution in [-0.4, -0.2) is 30.2 Å². The maximum absolute atomic E-state index is 14.1. The van der Waals surface area contributed by atoms with Crippen molar-refractivity contribution in [2.75, 3.05) is 6.54 Å². The van der Waals surface area contributed by atoms with Crippen LogP contribution in [0.4, 0.5) is 4.39 Å². The fourth-order valence-electron chi connectivity index (χ4n) is 2.92. The van der Waals surface area contributed by atoms with Gasteiger partial charge in [0.25, 0.3) is 5.91 Å². The second-order valence-electron chi connectivity index (χ2n) is 6.29. The number of piperidine rings is 1. The van der Waals surface area contributed by atoms with Gasteiger partial charge in [-0.05, 0) is 55.7 Å². The van der Waals surface area contributed by atoms with Crippen molar-refractivity contribution in [1.29, 1.82) is 0 Å². The average molecular weight is 354 g/mol. The van der Waals surface area contributed by atoms with Gasteiger partial charge in [-0.1, -0.05) is 12.1 Å². The Balaban J connectivity index is 1.78. The van der Waals surface area contributed by atoms with E-state index in [9.17, 15) is 18.8 Å². The maximum Gasteiger partial charge on any atom is 0.251 e. The van der Waals surface area contributed by atoms with Crippen molar-refractivity contribution in [1.82, 2.24) is 10.6 Å². The molecule has 1 heterocycles. The molecule has 3 rings (SSSR count). The van der Waals surface area contributed by atoms with Crippen molar-refractivity contribution in [3.63, 3.8) is 0 Å². The summed E-state index contributed by atoms with van der Waals surface area (Å²) in [6.45, 7) is 2.05. The standard InChI is InChI=1S/C20H19FN2O3/c1-12(24)15-8-9-17(21)16(11-15)13-4-6-14(7-5-13)19(25)23-18-3-2-10-22-20(18)26/h4-9,11,18H,2-3,10H2,1H3,(H,22,26)(H,23,25)/t18-/m0/s1. The Morgan fingerprint density at radius 3 is 2.46 bits per heavy atom. The lowest BCUT2D eigenvalue weighted by Crippen LogP contribution is -2.50. The molecule has 0 radical (unpaired) electrons. The Labute approximate surface area is 150 Å². The van der Waals surface area contributed by atoms with E-state index in [0.29, 0.717) is 35.2 Å². The summed E-state index contributed by atoms with van der Waals surface area (Å²) in [6.07, 6.45) is 1.43. The van der Waals surface area contributed by atoms with Gasteiger partial charge in [0.2, 0.25) is 5.91 Å². The van der Waals surface area contributed by atoms with Gasteiger partial charge in [-0.15, -0.1) is 0 Å². The first-order chi connectivity index (χ1) is 12.5. The molecule has 1 aliphatic rings. The summed E-state index contributed by atoms with van der Waals surface area (Å²) in [5, 5.41) is 5.43. The topological polar surface area (TPSA) is 75.3 Å². The Hall–Kier alpha value is -3.02. The molecule has 0 aromatic heterocycles. The number of hydrogen-bond acceptors (Lipinski definition) is 3. The number of rotatable bonds is 4. The van der Waals surface area contributed by atoms with E-state index in [-0.39, 0.29) is 17.6 Å². The van der Waals surface area contributed by atoms with Gasteiger partial charge in [-0.25, -0.2) is 4.39 Å². The molecule has 2 aromatic rings. The predicted octanol–water partition coefficient (Wildman–Crippen LogP) is 2.70. The molecule has 0 spiro atoms. The number of carbonyl (C=O) groups is 3. The van der Waals surface area contributed by atoms with E-state index in [2.05, 4.69) is 10.6 Å². The summed E-state index contributed by atoms with van der Waals surface area (Å²) in [7, 11) is 0. The fraction of sp³-hybridized carbons (Fsp3) is 0.250. The van der Waals surface area contributed by atoms with E-state index in [4.69, 9.17) is 0 Å². The molecule has 1 fully saturated rings. The second-order valence-corrected chi connectivity index (χ2v) is 6.29. The van der Waals surface area contributed by atoms with Gasteiger partial charge in [-0.2, -0.15) is 0 Å². The van der Waals surface area contributed by atoms with E-state index in [1.54, 1.807) is 24.3 Å². The van der Waals surface area contributed by atoms with Crippen LogP contribution in [0.3, 0.4) is 0 Å². The molecule has 0 saturated carbocycles. The molecule has 2 amide bonds. The number of Topliss-reactive ketones (excluding diaryl/α,β-unsaturated/α-hetero) is 1. The lowest BCUT2D eigenvalue weighted by Gasteiger charge is -2.22. The van der Waals surface area contributed by atoms with Gasteiger partial charge in [0.05, 0.1) is 0 Å². The average Bonchev–Trinajstić information content (AvgIpc) is 2.64. The van der Waals surface area contributed by atoms with Crippen molar-refractivity contribution in [3.05, 3.63) is 59.4 Å². The molecular formula is C20H19FN2O3. The maximum atomic E-state index is 14.1. The Bertz CT molecular complexity index is 862. The van der Waals surface area contributed by atoms with Gasteiger partial charge in [0, 0.05) is 23.2 Å². The van der Waals surface area contributed by atoms with Crippen LogP contribution in [0.15, 0.2) is 42.5 Å². The zero-order chi connectivity index (χ0) is 18.7. The molecule has 1 aliphatic heterocycles. The summed E-state index contributed by atoms with van der Waals surface area (Å²) in [5.41, 5.74) is 1.68. The third-order valence-corrected chi connectivity index (χ3v) is 4.42. The lowest BCUT2D eigenvalue weighted by molar-refractivity contribution is -0.124. The number of benzene rings is 2. The molecule has 0 bridgehead atoms. The number of nitrogens with one attached hydrogen (secondary N) is 2. The molecule has 2 aromatic carbocycles. The lowest BCUT2D eigenvalue weighted by atomic mass is 9.99. The van der Waals surface area contributed by atoms with Crippen LogP contribution in [0.5, 0.6) is 0 Å². The van der Waals surface area contributed by atoms with Gasteiger partial charge in [-0.3, -0.25) is 14.4 Å². The molecule has 2 N–H and O–H groups in total. The Morgan fingerprint density at radius 2 is 1.81 bits per heavy atom. The van der Waals surface area contributed by atoms with Crippen LogP contribution >= 0.6 is 0 Å². The summed E-state index contributed by atoms with van der Waals surface area (Å²) in [5.74, 6) is -1.11. The molecule has 1 atom stereocenters. The minimum Gasteiger partial charge on any atom is -0.354 e. The molecule has 26 heavy (non-hydrogen) atoms. The SMILES string of the molecule is CC(=O)c1ccc(F)c(-c2ccc(C(=O)N[C@H]3CCCNC3=O)cc2)c1. The zero-order valence-corrected chi connectivity index (χ0v) is 14.3. The third kappa shape index (κ3) is 3.79. The Kier molecular flexibility index (Phi) is 5.11. The molecule has 0 aliphatic carbocycles. The molecular weight excluding hydrogens is 335 g/mol. The van der Waals surface area contributed by atoms with E-state index in [1.165, 1.54) is 25.1 Å².